The Balaban J connectivity index is 1.63. The van der Waals surface area contributed by atoms with E-state index in [1.807, 2.05) is 55.4 Å². The summed E-state index contributed by atoms with van der Waals surface area (Å²) < 4.78 is 0. The van der Waals surface area contributed by atoms with Crippen LogP contribution in [0.2, 0.25) is 0 Å². The third kappa shape index (κ3) is 2.96. The number of nitrogens with zero attached hydrogens (tertiary/aromatic N) is 4. The molecule has 5 heteroatoms. The van der Waals surface area contributed by atoms with Crippen LogP contribution in [0.15, 0.2) is 65.3 Å². The van der Waals surface area contributed by atoms with Gasteiger partial charge < -0.3 is 14.7 Å². The van der Waals surface area contributed by atoms with Gasteiger partial charge in [-0.25, -0.2) is 0 Å². The second-order valence-electron chi connectivity index (χ2n) is 6.72. The van der Waals surface area contributed by atoms with Gasteiger partial charge in [0.2, 0.25) is 5.96 Å². The molecule has 1 saturated heterocycles. The van der Waals surface area contributed by atoms with Crippen LogP contribution < -0.4 is 9.80 Å². The van der Waals surface area contributed by atoms with Crippen LogP contribution in [0.4, 0.5) is 11.4 Å². The van der Waals surface area contributed by atoms with Gasteiger partial charge >= 0.3 is 0 Å². The molecule has 2 heterocycles. The fraction of sp³-hybridized carbons (Fsp3) is 0.238. The summed E-state index contributed by atoms with van der Waals surface area (Å²) in [4.78, 5) is 23.1. The van der Waals surface area contributed by atoms with Gasteiger partial charge in [-0.15, -0.1) is 0 Å². The molecule has 0 N–H and O–H groups in total. The molecular weight excluding hydrogens is 324 g/mol. The largest absolute Gasteiger partial charge is 0.378 e. The van der Waals surface area contributed by atoms with Gasteiger partial charge in [-0.05, 0) is 42.3 Å². The quantitative estimate of drug-likeness (QED) is 0.800. The van der Waals surface area contributed by atoms with Crippen LogP contribution in [-0.4, -0.2) is 44.0 Å². The van der Waals surface area contributed by atoms with E-state index in [1.165, 1.54) is 0 Å². The Labute approximate surface area is 153 Å². The number of fused-ring (bicyclic) bond motifs is 1. The maximum Gasteiger partial charge on any atom is 0.296 e. The summed E-state index contributed by atoms with van der Waals surface area (Å²) in [7, 11) is 4.03. The van der Waals surface area contributed by atoms with Crippen molar-refractivity contribution in [2.45, 2.75) is 6.42 Å². The minimum atomic E-state index is -0.167. The highest BCUT2D eigenvalue weighted by atomic mass is 16.2. The summed E-state index contributed by atoms with van der Waals surface area (Å²) in [5.41, 5.74) is 3.86. The number of aliphatic imine (C=N–C) groups is 1. The van der Waals surface area contributed by atoms with E-state index in [9.17, 15) is 4.79 Å². The highest BCUT2D eigenvalue weighted by molar-refractivity contribution is 6.17. The average Bonchev–Trinajstić information content (AvgIpc) is 2.98. The summed E-state index contributed by atoms with van der Waals surface area (Å²) >= 11 is 0. The molecule has 4 rings (SSSR count). The smallest absolute Gasteiger partial charge is 0.296 e. The van der Waals surface area contributed by atoms with Crippen molar-refractivity contribution in [3.05, 3.63) is 65.9 Å². The van der Waals surface area contributed by atoms with Crippen molar-refractivity contribution in [3.63, 3.8) is 0 Å². The van der Waals surface area contributed by atoms with Crippen molar-refractivity contribution in [3.8, 4) is 0 Å². The number of amides is 1. The Morgan fingerprint density at radius 1 is 0.962 bits per heavy atom. The lowest BCUT2D eigenvalue weighted by molar-refractivity contribution is -0.114. The van der Waals surface area contributed by atoms with E-state index in [0.717, 1.165) is 42.4 Å². The lowest BCUT2D eigenvalue weighted by Gasteiger charge is -2.35. The van der Waals surface area contributed by atoms with Crippen LogP contribution in [0.3, 0.4) is 0 Å². The molecule has 2 aliphatic heterocycles. The van der Waals surface area contributed by atoms with E-state index in [1.54, 1.807) is 0 Å². The van der Waals surface area contributed by atoms with Gasteiger partial charge in [-0.3, -0.25) is 4.79 Å². The molecular formula is C21H22N4O. The van der Waals surface area contributed by atoms with Gasteiger partial charge in [0.15, 0.2) is 0 Å². The summed E-state index contributed by atoms with van der Waals surface area (Å²) in [5, 5.41) is 0. The highest BCUT2D eigenvalue weighted by Crippen LogP contribution is 2.28. The van der Waals surface area contributed by atoms with Crippen LogP contribution in [0.1, 0.15) is 12.0 Å². The molecule has 5 nitrogen and oxygen atoms in total. The van der Waals surface area contributed by atoms with Crippen molar-refractivity contribution in [1.82, 2.24) is 4.90 Å². The molecule has 0 aliphatic carbocycles. The molecule has 2 aromatic carbocycles. The third-order valence-corrected chi connectivity index (χ3v) is 4.74. The number of carbonyl (C=O) groups is 1. The standard InChI is InChI=1S/C21H22N4O/c1-23(2)17-11-9-16(10-12-17)15-19-20(26)22-21-24(13-6-14-25(19)21)18-7-4-3-5-8-18/h3-5,7-12,15H,6,13-14H2,1-2H3. The van der Waals surface area contributed by atoms with Crippen LogP contribution in [0, 0.1) is 0 Å². The first-order valence-electron chi connectivity index (χ1n) is 8.86. The first-order valence-corrected chi connectivity index (χ1v) is 8.86. The molecule has 0 spiro atoms. The summed E-state index contributed by atoms with van der Waals surface area (Å²) in [5.74, 6) is 0.572. The molecule has 0 aromatic heterocycles. The monoisotopic (exact) mass is 346 g/mol. The lowest BCUT2D eigenvalue weighted by Crippen LogP contribution is -2.47. The summed E-state index contributed by atoms with van der Waals surface area (Å²) in [6.45, 7) is 1.69. The molecule has 0 saturated carbocycles. The van der Waals surface area contributed by atoms with E-state index >= 15 is 0 Å². The molecule has 0 radical (unpaired) electrons. The van der Waals surface area contributed by atoms with Crippen molar-refractivity contribution in [1.29, 1.82) is 0 Å². The number of hydrogen-bond acceptors (Lipinski definition) is 4. The number of benzene rings is 2. The average molecular weight is 346 g/mol. The molecule has 132 valence electrons. The fourth-order valence-electron chi connectivity index (χ4n) is 3.36. The predicted octanol–water partition coefficient (Wildman–Crippen LogP) is 3.20. The topological polar surface area (TPSA) is 39.2 Å². The van der Waals surface area contributed by atoms with Crippen LogP contribution in [0.25, 0.3) is 6.08 Å². The summed E-state index contributed by atoms with van der Waals surface area (Å²) in [6.07, 6.45) is 2.92. The van der Waals surface area contributed by atoms with Crippen LogP contribution in [-0.2, 0) is 4.79 Å². The number of anilines is 2. The molecule has 0 unspecified atom stereocenters. The van der Waals surface area contributed by atoms with E-state index in [-0.39, 0.29) is 5.91 Å². The van der Waals surface area contributed by atoms with Gasteiger partial charge in [0, 0.05) is 38.6 Å². The third-order valence-electron chi connectivity index (χ3n) is 4.74. The zero-order valence-corrected chi connectivity index (χ0v) is 15.1. The van der Waals surface area contributed by atoms with Gasteiger partial charge in [-0.2, -0.15) is 4.99 Å². The zero-order chi connectivity index (χ0) is 18.1. The van der Waals surface area contributed by atoms with Crippen LogP contribution in [0.5, 0.6) is 0 Å². The van der Waals surface area contributed by atoms with E-state index in [2.05, 4.69) is 39.1 Å². The SMILES string of the molecule is CN(C)c1ccc(C=C2C(=O)N=C3N2CCCN3c2ccccc2)cc1. The number of para-hydroxylation sites is 1. The number of rotatable bonds is 3. The Morgan fingerprint density at radius 2 is 1.65 bits per heavy atom. The predicted molar refractivity (Wildman–Crippen MR) is 106 cm³/mol. The molecule has 26 heavy (non-hydrogen) atoms. The van der Waals surface area contributed by atoms with Gasteiger partial charge in [-0.1, -0.05) is 30.3 Å². The molecule has 2 aliphatic rings. The van der Waals surface area contributed by atoms with E-state index in [4.69, 9.17) is 0 Å². The molecule has 1 fully saturated rings. The molecule has 0 atom stereocenters. The minimum absolute atomic E-state index is 0.167. The maximum atomic E-state index is 12.6. The Morgan fingerprint density at radius 3 is 2.35 bits per heavy atom. The Kier molecular flexibility index (Phi) is 4.21. The highest BCUT2D eigenvalue weighted by Gasteiger charge is 2.35. The lowest BCUT2D eigenvalue weighted by atomic mass is 10.1. The number of carbonyl (C=O) groups excluding carboxylic acids is 1. The van der Waals surface area contributed by atoms with Gasteiger partial charge in [0.05, 0.1) is 0 Å². The zero-order valence-electron chi connectivity index (χ0n) is 15.1. The maximum absolute atomic E-state index is 12.6. The normalized spacial score (nSPS) is 18.2. The minimum Gasteiger partial charge on any atom is -0.378 e. The Hall–Kier alpha value is -3.08. The first kappa shape index (κ1) is 16.4. The van der Waals surface area contributed by atoms with E-state index in [0.29, 0.717) is 5.70 Å². The first-order chi connectivity index (χ1) is 12.6. The van der Waals surface area contributed by atoms with Gasteiger partial charge in [0.1, 0.15) is 5.70 Å². The van der Waals surface area contributed by atoms with Crippen molar-refractivity contribution < 1.29 is 4.79 Å². The second-order valence-corrected chi connectivity index (χ2v) is 6.72. The van der Waals surface area contributed by atoms with Gasteiger partial charge in [0.25, 0.3) is 5.91 Å². The van der Waals surface area contributed by atoms with Crippen molar-refractivity contribution in [2.24, 2.45) is 4.99 Å². The van der Waals surface area contributed by atoms with E-state index < -0.39 is 0 Å². The van der Waals surface area contributed by atoms with Crippen LogP contribution >= 0.6 is 0 Å². The Bertz CT molecular complexity index is 869. The number of guanidine groups is 1. The van der Waals surface area contributed by atoms with Crippen molar-refractivity contribution >= 4 is 29.3 Å². The molecule has 2 aromatic rings. The molecule has 1 amide bonds. The second kappa shape index (κ2) is 6.67. The molecule has 0 bridgehead atoms. The number of hydrogen-bond donors (Lipinski definition) is 0. The summed E-state index contributed by atoms with van der Waals surface area (Å²) in [6, 6.07) is 18.3. The van der Waals surface area contributed by atoms with Crippen molar-refractivity contribution in [2.75, 3.05) is 37.0 Å². The fourth-order valence-corrected chi connectivity index (χ4v) is 3.36.